The van der Waals surface area contributed by atoms with E-state index >= 15 is 0 Å². The van der Waals surface area contributed by atoms with Gasteiger partial charge in [-0.3, -0.25) is 0 Å². The molecule has 8 nitrogen and oxygen atoms in total. The van der Waals surface area contributed by atoms with E-state index < -0.39 is 11.9 Å². The first-order chi connectivity index (χ1) is 21.7. The van der Waals surface area contributed by atoms with E-state index in [1.807, 2.05) is 6.92 Å². The number of hydrogen-bond acceptors (Lipinski definition) is 8. The standard InChI is InChI=1S/C35H26ClFN2O6/c1-18-12-29-25(15-27(18)36)19(2)33(44-29)35(40)43-23-9-10-24-30(14-23)45-34(39)26(16-38)32(24)21-6-11-28(31(13-21)41-3)42-17-20-4-7-22(37)8-5-20/h4-15,32H,17,39H2,1-3H3. The van der Waals surface area contributed by atoms with Crippen LogP contribution in [0.4, 0.5) is 4.39 Å². The molecule has 1 atom stereocenters. The Morgan fingerprint density at radius 3 is 2.56 bits per heavy atom. The fourth-order valence-corrected chi connectivity index (χ4v) is 5.42. The van der Waals surface area contributed by atoms with Gasteiger partial charge in [-0.15, -0.1) is 0 Å². The average molecular weight is 625 g/mol. The fraction of sp³-hybridized carbons (Fsp3) is 0.143. The van der Waals surface area contributed by atoms with E-state index in [0.717, 1.165) is 16.5 Å². The maximum atomic E-state index is 13.3. The Morgan fingerprint density at radius 2 is 1.82 bits per heavy atom. The summed E-state index contributed by atoms with van der Waals surface area (Å²) in [6, 6.07) is 21.9. The number of furan rings is 1. The van der Waals surface area contributed by atoms with Gasteiger partial charge in [0.15, 0.2) is 11.5 Å². The number of hydrogen-bond donors (Lipinski definition) is 1. The average Bonchev–Trinajstić information content (AvgIpc) is 3.34. The summed E-state index contributed by atoms with van der Waals surface area (Å²) >= 11 is 6.27. The summed E-state index contributed by atoms with van der Waals surface area (Å²) < 4.78 is 42.1. The summed E-state index contributed by atoms with van der Waals surface area (Å²) in [5.41, 5.74) is 10.5. The number of carbonyl (C=O) groups excluding carboxylic acids is 1. The Kier molecular flexibility index (Phi) is 7.83. The molecule has 0 radical (unpaired) electrons. The predicted molar refractivity (Wildman–Crippen MR) is 165 cm³/mol. The van der Waals surface area contributed by atoms with Crippen LogP contribution in [0.5, 0.6) is 23.0 Å². The highest BCUT2D eigenvalue weighted by atomic mass is 35.5. The summed E-state index contributed by atoms with van der Waals surface area (Å²) in [5, 5.41) is 11.3. The van der Waals surface area contributed by atoms with Crippen LogP contribution >= 0.6 is 11.6 Å². The van der Waals surface area contributed by atoms with Crippen LogP contribution in [0, 0.1) is 31.0 Å². The molecule has 4 aromatic carbocycles. The van der Waals surface area contributed by atoms with Gasteiger partial charge in [0.25, 0.3) is 0 Å². The van der Waals surface area contributed by atoms with E-state index in [9.17, 15) is 14.4 Å². The van der Waals surface area contributed by atoms with Gasteiger partial charge in [-0.1, -0.05) is 35.9 Å². The van der Waals surface area contributed by atoms with Crippen molar-refractivity contribution in [2.24, 2.45) is 5.73 Å². The molecule has 0 bridgehead atoms. The molecule has 1 aliphatic heterocycles. The Balaban J connectivity index is 1.28. The number of benzene rings is 4. The monoisotopic (exact) mass is 624 g/mol. The topological polar surface area (TPSA) is 117 Å². The van der Waals surface area contributed by atoms with Gasteiger partial charge in [0.2, 0.25) is 11.6 Å². The normalized spacial score (nSPS) is 14.0. The number of carbonyl (C=O) groups is 1. The maximum Gasteiger partial charge on any atom is 0.379 e. The summed E-state index contributed by atoms with van der Waals surface area (Å²) in [7, 11) is 1.51. The lowest BCUT2D eigenvalue weighted by Crippen LogP contribution is -2.21. The molecule has 1 aromatic heterocycles. The number of esters is 1. The smallest absolute Gasteiger partial charge is 0.379 e. The number of nitrogens with two attached hydrogens (primary N) is 1. The van der Waals surface area contributed by atoms with Crippen molar-refractivity contribution >= 4 is 28.5 Å². The van der Waals surface area contributed by atoms with Crippen LogP contribution < -0.4 is 24.7 Å². The molecule has 0 saturated carbocycles. The number of nitriles is 1. The predicted octanol–water partition coefficient (Wildman–Crippen LogP) is 7.87. The molecule has 10 heteroatoms. The highest BCUT2D eigenvalue weighted by Crippen LogP contribution is 2.45. The van der Waals surface area contributed by atoms with Crippen molar-refractivity contribution < 1.29 is 32.5 Å². The van der Waals surface area contributed by atoms with Crippen molar-refractivity contribution in [3.8, 4) is 29.1 Å². The van der Waals surface area contributed by atoms with Crippen LogP contribution in [0.2, 0.25) is 5.02 Å². The molecule has 2 N–H and O–H groups in total. The van der Waals surface area contributed by atoms with Gasteiger partial charge in [-0.05, 0) is 73.0 Å². The summed E-state index contributed by atoms with van der Waals surface area (Å²) in [5.74, 6) is -0.220. The summed E-state index contributed by atoms with van der Waals surface area (Å²) in [4.78, 5) is 13.1. The van der Waals surface area contributed by atoms with Crippen LogP contribution in [0.15, 0.2) is 88.7 Å². The zero-order valence-corrected chi connectivity index (χ0v) is 25.2. The number of nitrogens with zero attached hydrogens (tertiary/aromatic N) is 1. The van der Waals surface area contributed by atoms with Crippen LogP contribution in [-0.2, 0) is 6.61 Å². The molecule has 1 aliphatic rings. The molecule has 5 aromatic rings. The van der Waals surface area contributed by atoms with Gasteiger partial charge in [-0.25, -0.2) is 9.18 Å². The Hall–Kier alpha value is -5.46. The van der Waals surface area contributed by atoms with Crippen molar-refractivity contribution in [1.82, 2.24) is 0 Å². The van der Waals surface area contributed by atoms with Crippen molar-refractivity contribution in [1.29, 1.82) is 5.26 Å². The minimum atomic E-state index is -0.688. The highest BCUT2D eigenvalue weighted by Gasteiger charge is 2.32. The van der Waals surface area contributed by atoms with Crippen LogP contribution in [-0.4, -0.2) is 13.1 Å². The third-order valence-corrected chi connectivity index (χ3v) is 8.04. The van der Waals surface area contributed by atoms with Gasteiger partial charge in [-0.2, -0.15) is 5.26 Å². The Labute approximate surface area is 262 Å². The number of methoxy groups -OCH3 is 1. The van der Waals surface area contributed by atoms with Crippen molar-refractivity contribution in [3.63, 3.8) is 0 Å². The highest BCUT2D eigenvalue weighted by molar-refractivity contribution is 6.32. The quantitative estimate of drug-likeness (QED) is 0.144. The fourth-order valence-electron chi connectivity index (χ4n) is 5.26. The second kappa shape index (κ2) is 11.9. The van der Waals surface area contributed by atoms with Crippen LogP contribution in [0.3, 0.4) is 0 Å². The van der Waals surface area contributed by atoms with Crippen LogP contribution in [0.1, 0.15) is 44.3 Å². The lowest BCUT2D eigenvalue weighted by atomic mass is 9.83. The van der Waals surface area contributed by atoms with Gasteiger partial charge in [0.1, 0.15) is 41.1 Å². The molecule has 0 aliphatic carbocycles. The van der Waals surface area contributed by atoms with Crippen LogP contribution in [0.25, 0.3) is 11.0 Å². The van der Waals surface area contributed by atoms with Crippen molar-refractivity contribution in [2.45, 2.75) is 26.4 Å². The number of rotatable bonds is 7. The van der Waals surface area contributed by atoms with Gasteiger partial charge < -0.3 is 29.1 Å². The molecule has 6 rings (SSSR count). The molecule has 0 saturated heterocycles. The SMILES string of the molecule is COc1cc(C2C(C#N)=C(N)Oc3cc(OC(=O)c4oc5cc(C)c(Cl)cc5c4C)ccc32)ccc1OCc1ccc(F)cc1. The molecule has 0 amide bonds. The summed E-state index contributed by atoms with van der Waals surface area (Å²) in [6.45, 7) is 3.82. The van der Waals surface area contributed by atoms with E-state index in [0.29, 0.717) is 44.5 Å². The number of allylic oxidation sites excluding steroid dienone is 1. The Bertz CT molecular complexity index is 2040. The molecule has 0 spiro atoms. The van der Waals surface area contributed by atoms with E-state index in [-0.39, 0.29) is 35.4 Å². The third-order valence-electron chi connectivity index (χ3n) is 7.63. The number of halogens is 2. The largest absolute Gasteiger partial charge is 0.493 e. The van der Waals surface area contributed by atoms with E-state index in [4.69, 9.17) is 40.7 Å². The molecular weight excluding hydrogens is 599 g/mol. The molecule has 226 valence electrons. The number of aryl methyl sites for hydroxylation is 2. The van der Waals surface area contributed by atoms with E-state index in [2.05, 4.69) is 6.07 Å². The number of fused-ring (bicyclic) bond motifs is 2. The second-order valence-corrected chi connectivity index (χ2v) is 10.9. The molecular formula is C35H26ClFN2O6. The molecule has 45 heavy (non-hydrogen) atoms. The summed E-state index contributed by atoms with van der Waals surface area (Å²) in [6.07, 6.45) is 0. The zero-order chi connectivity index (χ0) is 31.8. The Morgan fingerprint density at radius 1 is 1.04 bits per heavy atom. The van der Waals surface area contributed by atoms with Crippen molar-refractivity contribution in [3.05, 3.63) is 129 Å². The first-order valence-corrected chi connectivity index (χ1v) is 14.2. The van der Waals surface area contributed by atoms with Crippen molar-refractivity contribution in [2.75, 3.05) is 7.11 Å². The zero-order valence-electron chi connectivity index (χ0n) is 24.4. The molecule has 2 heterocycles. The number of ether oxygens (including phenoxy) is 4. The van der Waals surface area contributed by atoms with Gasteiger partial charge >= 0.3 is 5.97 Å². The first kappa shape index (κ1) is 29.6. The first-order valence-electron chi connectivity index (χ1n) is 13.8. The lowest BCUT2D eigenvalue weighted by molar-refractivity contribution is 0.0702. The molecule has 1 unspecified atom stereocenters. The lowest BCUT2D eigenvalue weighted by Gasteiger charge is -2.27. The minimum Gasteiger partial charge on any atom is -0.493 e. The van der Waals surface area contributed by atoms with Gasteiger partial charge in [0, 0.05) is 27.6 Å². The second-order valence-electron chi connectivity index (χ2n) is 10.5. The maximum absolute atomic E-state index is 13.3. The van der Waals surface area contributed by atoms with Gasteiger partial charge in [0.05, 0.1) is 13.0 Å². The van der Waals surface area contributed by atoms with E-state index in [1.54, 1.807) is 61.5 Å². The van der Waals surface area contributed by atoms with E-state index in [1.165, 1.54) is 25.3 Å². The third kappa shape index (κ3) is 5.64. The minimum absolute atomic E-state index is 0.0585. The molecule has 0 fully saturated rings.